The zero-order valence-corrected chi connectivity index (χ0v) is 12.7. The Bertz CT molecular complexity index is 355. The van der Waals surface area contributed by atoms with Crippen LogP contribution in [0.15, 0.2) is 12.4 Å². The minimum Gasteiger partial charge on any atom is -0.389 e. The molecule has 0 aromatic carbocycles. The molecule has 6 nitrogen and oxygen atoms in total. The number of nitrogens with one attached hydrogen (secondary N) is 1. The number of aromatic nitrogens is 2. The quantitative estimate of drug-likeness (QED) is 0.574. The zero-order chi connectivity index (χ0) is 14.8. The molecule has 0 aliphatic heterocycles. The number of hydrogen-bond donors (Lipinski definition) is 2. The SMILES string of the molecule is CC(C)OCCOCC(O)CNCCc1cnn(C)c1. The Morgan fingerprint density at radius 1 is 1.40 bits per heavy atom. The number of nitrogens with zero attached hydrogens (tertiary/aromatic N) is 2. The van der Waals surface area contributed by atoms with Gasteiger partial charge in [-0.15, -0.1) is 0 Å². The molecule has 1 unspecified atom stereocenters. The van der Waals surface area contributed by atoms with Crippen molar-refractivity contribution in [1.29, 1.82) is 0 Å². The molecule has 1 aromatic rings. The first-order chi connectivity index (χ1) is 9.58. The highest BCUT2D eigenvalue weighted by Gasteiger charge is 2.04. The summed E-state index contributed by atoms with van der Waals surface area (Å²) in [5, 5.41) is 17.0. The fraction of sp³-hybridized carbons (Fsp3) is 0.786. The van der Waals surface area contributed by atoms with Crippen molar-refractivity contribution in [3.63, 3.8) is 0 Å². The van der Waals surface area contributed by atoms with Gasteiger partial charge in [0, 0.05) is 19.8 Å². The van der Waals surface area contributed by atoms with E-state index in [4.69, 9.17) is 9.47 Å². The molecular weight excluding hydrogens is 258 g/mol. The van der Waals surface area contributed by atoms with Crippen LogP contribution in [0, 0.1) is 0 Å². The fourth-order valence-electron chi connectivity index (χ4n) is 1.72. The van der Waals surface area contributed by atoms with Crippen LogP contribution in [-0.4, -0.2) is 60.0 Å². The molecule has 1 atom stereocenters. The van der Waals surface area contributed by atoms with Gasteiger partial charge in [-0.05, 0) is 32.4 Å². The third-order valence-corrected chi connectivity index (χ3v) is 2.72. The maximum atomic E-state index is 9.71. The van der Waals surface area contributed by atoms with Crippen molar-refractivity contribution in [1.82, 2.24) is 15.1 Å². The van der Waals surface area contributed by atoms with Crippen LogP contribution in [0.25, 0.3) is 0 Å². The first kappa shape index (κ1) is 17.1. The van der Waals surface area contributed by atoms with Crippen molar-refractivity contribution >= 4 is 0 Å². The Hall–Kier alpha value is -0.950. The Morgan fingerprint density at radius 3 is 2.85 bits per heavy atom. The van der Waals surface area contributed by atoms with Gasteiger partial charge in [-0.2, -0.15) is 5.10 Å². The summed E-state index contributed by atoms with van der Waals surface area (Å²) < 4.78 is 12.5. The number of aliphatic hydroxyl groups is 1. The van der Waals surface area contributed by atoms with Gasteiger partial charge in [0.15, 0.2) is 0 Å². The molecule has 116 valence electrons. The van der Waals surface area contributed by atoms with Gasteiger partial charge in [-0.1, -0.05) is 0 Å². The predicted octanol–water partition coefficient (Wildman–Crippen LogP) is 0.355. The normalized spacial score (nSPS) is 13.1. The van der Waals surface area contributed by atoms with E-state index in [-0.39, 0.29) is 6.10 Å². The van der Waals surface area contributed by atoms with Crippen LogP contribution in [-0.2, 0) is 22.9 Å². The van der Waals surface area contributed by atoms with Crippen LogP contribution in [0.5, 0.6) is 0 Å². The van der Waals surface area contributed by atoms with E-state index < -0.39 is 6.10 Å². The number of rotatable bonds is 11. The monoisotopic (exact) mass is 285 g/mol. The second-order valence-corrected chi connectivity index (χ2v) is 5.12. The smallest absolute Gasteiger partial charge is 0.0897 e. The van der Waals surface area contributed by atoms with Crippen molar-refractivity contribution in [2.24, 2.45) is 7.05 Å². The molecule has 2 N–H and O–H groups in total. The Morgan fingerprint density at radius 2 is 2.20 bits per heavy atom. The third-order valence-electron chi connectivity index (χ3n) is 2.72. The average molecular weight is 285 g/mol. The van der Waals surface area contributed by atoms with Crippen LogP contribution in [0.4, 0.5) is 0 Å². The van der Waals surface area contributed by atoms with E-state index in [0.29, 0.717) is 26.4 Å². The van der Waals surface area contributed by atoms with Crippen LogP contribution in [0.1, 0.15) is 19.4 Å². The van der Waals surface area contributed by atoms with Gasteiger partial charge in [-0.25, -0.2) is 0 Å². The van der Waals surface area contributed by atoms with E-state index in [0.717, 1.165) is 13.0 Å². The maximum Gasteiger partial charge on any atom is 0.0897 e. The highest BCUT2D eigenvalue weighted by molar-refractivity contribution is 5.03. The molecule has 0 saturated carbocycles. The minimum atomic E-state index is -0.483. The van der Waals surface area contributed by atoms with Crippen molar-refractivity contribution < 1.29 is 14.6 Å². The molecule has 1 rings (SSSR count). The molecule has 20 heavy (non-hydrogen) atoms. The van der Waals surface area contributed by atoms with Gasteiger partial charge in [-0.3, -0.25) is 4.68 Å². The maximum absolute atomic E-state index is 9.71. The third kappa shape index (κ3) is 8.27. The van der Waals surface area contributed by atoms with Crippen LogP contribution in [0.2, 0.25) is 0 Å². The van der Waals surface area contributed by atoms with E-state index in [9.17, 15) is 5.11 Å². The van der Waals surface area contributed by atoms with E-state index in [1.54, 1.807) is 4.68 Å². The van der Waals surface area contributed by atoms with E-state index in [2.05, 4.69) is 10.4 Å². The molecule has 0 saturated heterocycles. The molecule has 0 aliphatic rings. The largest absolute Gasteiger partial charge is 0.389 e. The Labute approximate surface area is 121 Å². The second-order valence-electron chi connectivity index (χ2n) is 5.12. The molecule has 6 heteroatoms. The van der Waals surface area contributed by atoms with Gasteiger partial charge >= 0.3 is 0 Å². The molecule has 1 aromatic heterocycles. The first-order valence-electron chi connectivity index (χ1n) is 7.13. The van der Waals surface area contributed by atoms with Gasteiger partial charge in [0.2, 0.25) is 0 Å². The lowest BCUT2D eigenvalue weighted by molar-refractivity contribution is -0.00989. The molecule has 0 spiro atoms. The predicted molar refractivity (Wildman–Crippen MR) is 77.7 cm³/mol. The summed E-state index contributed by atoms with van der Waals surface area (Å²) >= 11 is 0. The summed E-state index contributed by atoms with van der Waals surface area (Å²) in [4.78, 5) is 0. The molecule has 0 radical (unpaired) electrons. The van der Waals surface area contributed by atoms with Crippen LogP contribution in [0.3, 0.4) is 0 Å². The minimum absolute atomic E-state index is 0.220. The molecule has 0 fully saturated rings. The zero-order valence-electron chi connectivity index (χ0n) is 12.7. The van der Waals surface area contributed by atoms with Crippen LogP contribution >= 0.6 is 0 Å². The van der Waals surface area contributed by atoms with E-state index >= 15 is 0 Å². The molecule has 0 aliphatic carbocycles. The van der Waals surface area contributed by atoms with Crippen molar-refractivity contribution in [3.05, 3.63) is 18.0 Å². The second kappa shape index (κ2) is 9.88. The van der Waals surface area contributed by atoms with Crippen molar-refractivity contribution in [2.45, 2.75) is 32.5 Å². The number of ether oxygens (including phenoxy) is 2. The van der Waals surface area contributed by atoms with Gasteiger partial charge in [0.25, 0.3) is 0 Å². The van der Waals surface area contributed by atoms with E-state index in [1.165, 1.54) is 5.56 Å². The van der Waals surface area contributed by atoms with Gasteiger partial charge in [0.05, 0.1) is 38.2 Å². The number of aryl methyl sites for hydroxylation is 1. The van der Waals surface area contributed by atoms with E-state index in [1.807, 2.05) is 33.3 Å². The van der Waals surface area contributed by atoms with Crippen molar-refractivity contribution in [3.8, 4) is 0 Å². The molecule has 1 heterocycles. The standard InChI is InChI=1S/C14H27N3O3/c1-12(2)20-7-6-19-11-14(18)9-15-5-4-13-8-16-17(3)10-13/h8,10,12,14-15,18H,4-7,9,11H2,1-3H3. The summed E-state index contributed by atoms with van der Waals surface area (Å²) in [7, 11) is 1.90. The summed E-state index contributed by atoms with van der Waals surface area (Å²) in [5.74, 6) is 0. The first-order valence-corrected chi connectivity index (χ1v) is 7.13. The lowest BCUT2D eigenvalue weighted by Crippen LogP contribution is -2.32. The molecule has 0 bridgehead atoms. The number of aliphatic hydroxyl groups excluding tert-OH is 1. The summed E-state index contributed by atoms with van der Waals surface area (Å²) in [6, 6.07) is 0. The van der Waals surface area contributed by atoms with Gasteiger partial charge < -0.3 is 19.9 Å². The topological polar surface area (TPSA) is 68.5 Å². The summed E-state index contributed by atoms with van der Waals surface area (Å²) in [6.07, 6.45) is 4.50. The lowest BCUT2D eigenvalue weighted by atomic mass is 10.2. The summed E-state index contributed by atoms with van der Waals surface area (Å²) in [6.45, 7) is 6.75. The summed E-state index contributed by atoms with van der Waals surface area (Å²) in [5.41, 5.74) is 1.19. The molecule has 0 amide bonds. The average Bonchev–Trinajstić information content (AvgIpc) is 2.80. The highest BCUT2D eigenvalue weighted by atomic mass is 16.5. The van der Waals surface area contributed by atoms with Gasteiger partial charge in [0.1, 0.15) is 0 Å². The lowest BCUT2D eigenvalue weighted by Gasteiger charge is -2.13. The Kier molecular flexibility index (Phi) is 8.45. The Balaban J connectivity index is 1.93. The fourth-order valence-corrected chi connectivity index (χ4v) is 1.72. The van der Waals surface area contributed by atoms with Crippen molar-refractivity contribution in [2.75, 3.05) is 32.9 Å². The van der Waals surface area contributed by atoms with Crippen LogP contribution < -0.4 is 5.32 Å². The number of hydrogen-bond acceptors (Lipinski definition) is 5. The molecular formula is C14H27N3O3. The highest BCUT2D eigenvalue weighted by Crippen LogP contribution is 1.96.